The normalized spacial score (nSPS) is 17.4. The van der Waals surface area contributed by atoms with E-state index in [4.69, 9.17) is 5.73 Å². The van der Waals surface area contributed by atoms with Gasteiger partial charge in [-0.05, 0) is 24.8 Å². The first-order valence-corrected chi connectivity index (χ1v) is 3.97. The second-order valence-corrected chi connectivity index (χ2v) is 3.25. The summed E-state index contributed by atoms with van der Waals surface area (Å²) in [6, 6.07) is 0. The SMILES string of the molecule is CC(C)C(C)C(O)CCN. The van der Waals surface area contributed by atoms with Crippen LogP contribution >= 0.6 is 0 Å². The van der Waals surface area contributed by atoms with Crippen LogP contribution in [0.1, 0.15) is 27.2 Å². The fourth-order valence-electron chi connectivity index (χ4n) is 0.878. The maximum atomic E-state index is 9.41. The second kappa shape index (κ2) is 4.69. The van der Waals surface area contributed by atoms with Gasteiger partial charge in [0.25, 0.3) is 0 Å². The minimum atomic E-state index is -0.218. The molecular formula is C8H19NO. The number of hydrogen-bond acceptors (Lipinski definition) is 2. The predicted octanol–water partition coefficient (Wildman–Crippen LogP) is 0.988. The van der Waals surface area contributed by atoms with E-state index in [2.05, 4.69) is 20.8 Å². The standard InChI is InChI=1S/C8H19NO/c1-6(2)7(3)8(10)4-5-9/h6-8,10H,4-5,9H2,1-3H3. The molecular weight excluding hydrogens is 126 g/mol. The largest absolute Gasteiger partial charge is 0.393 e. The van der Waals surface area contributed by atoms with E-state index in [1.54, 1.807) is 0 Å². The summed E-state index contributed by atoms with van der Waals surface area (Å²) in [5.74, 6) is 0.907. The molecule has 0 aromatic carbocycles. The molecule has 0 heterocycles. The van der Waals surface area contributed by atoms with Gasteiger partial charge in [0, 0.05) is 0 Å². The molecule has 2 heteroatoms. The quantitative estimate of drug-likeness (QED) is 0.619. The van der Waals surface area contributed by atoms with Crippen molar-refractivity contribution in [3.8, 4) is 0 Å². The fourth-order valence-corrected chi connectivity index (χ4v) is 0.878. The molecule has 0 aliphatic heterocycles. The molecule has 0 saturated carbocycles. The predicted molar refractivity (Wildman–Crippen MR) is 43.7 cm³/mol. The highest BCUT2D eigenvalue weighted by atomic mass is 16.3. The summed E-state index contributed by atoms with van der Waals surface area (Å²) >= 11 is 0. The maximum Gasteiger partial charge on any atom is 0.0580 e. The molecule has 0 saturated heterocycles. The molecule has 0 aliphatic carbocycles. The van der Waals surface area contributed by atoms with Gasteiger partial charge in [0.2, 0.25) is 0 Å². The van der Waals surface area contributed by atoms with Crippen molar-refractivity contribution in [2.75, 3.05) is 6.54 Å². The van der Waals surface area contributed by atoms with Gasteiger partial charge in [0.05, 0.1) is 6.10 Å². The Morgan fingerprint density at radius 1 is 1.30 bits per heavy atom. The van der Waals surface area contributed by atoms with Crippen LogP contribution in [0, 0.1) is 11.8 Å². The summed E-state index contributed by atoms with van der Waals surface area (Å²) in [7, 11) is 0. The van der Waals surface area contributed by atoms with Crippen LogP contribution in [0.25, 0.3) is 0 Å². The van der Waals surface area contributed by atoms with Crippen molar-refractivity contribution >= 4 is 0 Å². The van der Waals surface area contributed by atoms with E-state index in [9.17, 15) is 5.11 Å². The average Bonchev–Trinajstić information content (AvgIpc) is 1.87. The highest BCUT2D eigenvalue weighted by Crippen LogP contribution is 2.15. The first-order chi connectivity index (χ1) is 4.59. The third-order valence-electron chi connectivity index (χ3n) is 2.12. The van der Waals surface area contributed by atoms with Crippen LogP contribution in [0.15, 0.2) is 0 Å². The third kappa shape index (κ3) is 3.18. The zero-order chi connectivity index (χ0) is 8.15. The van der Waals surface area contributed by atoms with Gasteiger partial charge in [-0.1, -0.05) is 20.8 Å². The minimum Gasteiger partial charge on any atom is -0.393 e. The summed E-state index contributed by atoms with van der Waals surface area (Å²) in [6.45, 7) is 6.87. The lowest BCUT2D eigenvalue weighted by Crippen LogP contribution is -2.24. The summed E-state index contributed by atoms with van der Waals surface area (Å²) in [5, 5.41) is 9.41. The van der Waals surface area contributed by atoms with Crippen LogP contribution in [0.2, 0.25) is 0 Å². The van der Waals surface area contributed by atoms with E-state index in [1.807, 2.05) is 0 Å². The number of rotatable bonds is 4. The van der Waals surface area contributed by atoms with Gasteiger partial charge in [-0.15, -0.1) is 0 Å². The Balaban J connectivity index is 3.58. The van der Waals surface area contributed by atoms with Gasteiger partial charge in [0.15, 0.2) is 0 Å². The summed E-state index contributed by atoms with van der Waals surface area (Å²) < 4.78 is 0. The van der Waals surface area contributed by atoms with Gasteiger partial charge in [-0.3, -0.25) is 0 Å². The molecule has 0 aliphatic rings. The van der Waals surface area contributed by atoms with Gasteiger partial charge in [-0.2, -0.15) is 0 Å². The van der Waals surface area contributed by atoms with Crippen LogP contribution in [-0.4, -0.2) is 17.8 Å². The van der Waals surface area contributed by atoms with E-state index in [0.29, 0.717) is 18.4 Å². The number of aliphatic hydroxyl groups is 1. The molecule has 0 radical (unpaired) electrons. The minimum absolute atomic E-state index is 0.218. The van der Waals surface area contributed by atoms with Crippen LogP contribution < -0.4 is 5.73 Å². The van der Waals surface area contributed by atoms with E-state index >= 15 is 0 Å². The van der Waals surface area contributed by atoms with Crippen LogP contribution in [-0.2, 0) is 0 Å². The lowest BCUT2D eigenvalue weighted by Gasteiger charge is -2.21. The second-order valence-electron chi connectivity index (χ2n) is 3.25. The van der Waals surface area contributed by atoms with Crippen LogP contribution in [0.3, 0.4) is 0 Å². The van der Waals surface area contributed by atoms with E-state index in [1.165, 1.54) is 0 Å². The number of aliphatic hydroxyl groups excluding tert-OH is 1. The molecule has 2 unspecified atom stereocenters. The monoisotopic (exact) mass is 145 g/mol. The van der Waals surface area contributed by atoms with Crippen molar-refractivity contribution in [2.24, 2.45) is 17.6 Å². The first kappa shape index (κ1) is 9.92. The Morgan fingerprint density at radius 3 is 2.10 bits per heavy atom. The Kier molecular flexibility index (Phi) is 4.65. The molecule has 0 aromatic rings. The molecule has 62 valence electrons. The zero-order valence-corrected chi connectivity index (χ0v) is 7.17. The Morgan fingerprint density at radius 2 is 1.80 bits per heavy atom. The highest BCUT2D eigenvalue weighted by Gasteiger charge is 2.15. The zero-order valence-electron chi connectivity index (χ0n) is 7.17. The van der Waals surface area contributed by atoms with Crippen molar-refractivity contribution in [3.05, 3.63) is 0 Å². The van der Waals surface area contributed by atoms with Crippen molar-refractivity contribution in [3.63, 3.8) is 0 Å². The lowest BCUT2D eigenvalue weighted by molar-refractivity contribution is 0.0861. The Labute approximate surface area is 63.4 Å². The van der Waals surface area contributed by atoms with Gasteiger partial charge in [-0.25, -0.2) is 0 Å². The lowest BCUT2D eigenvalue weighted by atomic mass is 9.91. The van der Waals surface area contributed by atoms with Crippen LogP contribution in [0.4, 0.5) is 0 Å². The van der Waals surface area contributed by atoms with Gasteiger partial charge < -0.3 is 10.8 Å². The molecule has 0 aromatic heterocycles. The maximum absolute atomic E-state index is 9.41. The summed E-state index contributed by atoms with van der Waals surface area (Å²) in [4.78, 5) is 0. The Hall–Kier alpha value is -0.0800. The topological polar surface area (TPSA) is 46.2 Å². The third-order valence-corrected chi connectivity index (χ3v) is 2.12. The molecule has 10 heavy (non-hydrogen) atoms. The van der Waals surface area contributed by atoms with Gasteiger partial charge >= 0.3 is 0 Å². The number of hydrogen-bond donors (Lipinski definition) is 2. The van der Waals surface area contributed by atoms with Crippen molar-refractivity contribution in [1.82, 2.24) is 0 Å². The summed E-state index contributed by atoms with van der Waals surface area (Å²) in [6.07, 6.45) is 0.504. The highest BCUT2D eigenvalue weighted by molar-refractivity contribution is 4.67. The average molecular weight is 145 g/mol. The van der Waals surface area contributed by atoms with Crippen molar-refractivity contribution in [2.45, 2.75) is 33.3 Å². The van der Waals surface area contributed by atoms with Gasteiger partial charge in [0.1, 0.15) is 0 Å². The Bertz CT molecular complexity index is 83.3. The molecule has 0 bridgehead atoms. The molecule has 0 amide bonds. The first-order valence-electron chi connectivity index (χ1n) is 3.97. The van der Waals surface area contributed by atoms with Crippen molar-refractivity contribution < 1.29 is 5.11 Å². The van der Waals surface area contributed by atoms with Crippen molar-refractivity contribution in [1.29, 1.82) is 0 Å². The smallest absolute Gasteiger partial charge is 0.0580 e. The van der Waals surface area contributed by atoms with Crippen LogP contribution in [0.5, 0.6) is 0 Å². The molecule has 2 atom stereocenters. The molecule has 2 nitrogen and oxygen atoms in total. The van der Waals surface area contributed by atoms with E-state index < -0.39 is 0 Å². The molecule has 0 rings (SSSR count). The molecule has 0 spiro atoms. The molecule has 3 N–H and O–H groups in total. The number of nitrogens with two attached hydrogens (primary N) is 1. The van der Waals surface area contributed by atoms with E-state index in [-0.39, 0.29) is 6.10 Å². The molecule has 0 fully saturated rings. The fraction of sp³-hybridized carbons (Fsp3) is 1.00. The summed E-state index contributed by atoms with van der Waals surface area (Å²) in [5.41, 5.74) is 5.31. The van der Waals surface area contributed by atoms with E-state index in [0.717, 1.165) is 6.42 Å².